The molecule has 2 aromatic rings. The van der Waals surface area contributed by atoms with Gasteiger partial charge >= 0.3 is 0 Å². The second-order valence-electron chi connectivity index (χ2n) is 4.94. The fourth-order valence-electron chi connectivity index (χ4n) is 2.02. The van der Waals surface area contributed by atoms with Crippen LogP contribution in [0.5, 0.6) is 11.5 Å². The number of phenolic OH excluding ortho intramolecular Hbond substituents is 1. The van der Waals surface area contributed by atoms with Crippen molar-refractivity contribution in [2.75, 3.05) is 7.11 Å². The molecule has 0 amide bonds. The third-order valence-corrected chi connectivity index (χ3v) is 5.06. The highest BCUT2D eigenvalue weighted by Crippen LogP contribution is 2.28. The summed E-state index contributed by atoms with van der Waals surface area (Å²) in [6, 6.07) is 12.4. The number of allylic oxidation sites excluding steroid dienone is 1. The van der Waals surface area contributed by atoms with Gasteiger partial charge < -0.3 is 9.84 Å². The number of ether oxygens (including phenoxy) is 1. The van der Waals surface area contributed by atoms with Crippen molar-refractivity contribution in [3.63, 3.8) is 0 Å². The molecule has 7 heteroatoms. The van der Waals surface area contributed by atoms with E-state index in [0.717, 1.165) is 0 Å². The number of methoxy groups -OCH3 is 1. The van der Waals surface area contributed by atoms with Gasteiger partial charge in [-0.1, -0.05) is 29.8 Å². The Hall–Kier alpha value is -2.49. The molecule has 0 fully saturated rings. The van der Waals surface area contributed by atoms with Gasteiger partial charge in [0.15, 0.2) is 21.3 Å². The molecule has 5 nitrogen and oxygen atoms in total. The Kier molecular flexibility index (Phi) is 5.50. The number of sulfone groups is 1. The predicted molar refractivity (Wildman–Crippen MR) is 92.3 cm³/mol. The van der Waals surface area contributed by atoms with Crippen LogP contribution in [0, 0.1) is 11.3 Å². The predicted octanol–water partition coefficient (Wildman–Crippen LogP) is 3.53. The molecule has 24 heavy (non-hydrogen) atoms. The van der Waals surface area contributed by atoms with Gasteiger partial charge in [-0.25, -0.2) is 8.42 Å². The number of hydrogen-bond donors (Lipinski definition) is 1. The van der Waals surface area contributed by atoms with Crippen LogP contribution in [0.2, 0.25) is 5.02 Å². The molecular weight excluding hydrogens is 350 g/mol. The normalized spacial score (nSPS) is 11.8. The molecule has 0 atom stereocenters. The Morgan fingerprint density at radius 2 is 1.96 bits per heavy atom. The van der Waals surface area contributed by atoms with E-state index in [1.165, 1.54) is 25.3 Å². The quantitative estimate of drug-likeness (QED) is 0.821. The lowest BCUT2D eigenvalue weighted by atomic mass is 10.2. The fourth-order valence-corrected chi connectivity index (χ4v) is 3.39. The number of hydrogen-bond acceptors (Lipinski definition) is 5. The van der Waals surface area contributed by atoms with E-state index in [4.69, 9.17) is 16.3 Å². The zero-order chi connectivity index (χ0) is 17.7. The minimum atomic E-state index is -3.82. The molecule has 124 valence electrons. The van der Waals surface area contributed by atoms with Gasteiger partial charge in [0, 0.05) is 5.02 Å². The number of aromatic hydroxyl groups is 1. The molecular formula is C17H14ClNO4S. The van der Waals surface area contributed by atoms with Crippen LogP contribution < -0.4 is 4.74 Å². The van der Waals surface area contributed by atoms with Crippen molar-refractivity contribution in [3.05, 3.63) is 63.5 Å². The van der Waals surface area contributed by atoms with E-state index in [0.29, 0.717) is 16.1 Å². The second-order valence-corrected chi connectivity index (χ2v) is 7.33. The minimum absolute atomic E-state index is 0.140. The van der Waals surface area contributed by atoms with Crippen LogP contribution in [0.25, 0.3) is 6.08 Å². The molecule has 0 aromatic heterocycles. The first-order valence-corrected chi connectivity index (χ1v) is 8.85. The monoisotopic (exact) mass is 363 g/mol. The van der Waals surface area contributed by atoms with Crippen LogP contribution in [-0.2, 0) is 15.6 Å². The Labute approximate surface area is 145 Å². The third-order valence-electron chi connectivity index (χ3n) is 3.22. The van der Waals surface area contributed by atoms with E-state index in [1.54, 1.807) is 36.4 Å². The molecule has 1 N–H and O–H groups in total. The number of phenols is 1. The number of halogens is 1. The summed E-state index contributed by atoms with van der Waals surface area (Å²) in [5.74, 6) is -0.195. The van der Waals surface area contributed by atoms with Crippen LogP contribution in [0.1, 0.15) is 11.1 Å². The zero-order valence-electron chi connectivity index (χ0n) is 12.7. The largest absolute Gasteiger partial charge is 0.504 e. The lowest BCUT2D eigenvalue weighted by molar-refractivity contribution is 0.373. The van der Waals surface area contributed by atoms with Gasteiger partial charge in [0.2, 0.25) is 0 Å². The average molecular weight is 364 g/mol. The van der Waals surface area contributed by atoms with Crippen molar-refractivity contribution in [1.82, 2.24) is 0 Å². The summed E-state index contributed by atoms with van der Waals surface area (Å²) >= 11 is 5.77. The van der Waals surface area contributed by atoms with E-state index < -0.39 is 9.84 Å². The van der Waals surface area contributed by atoms with Gasteiger partial charge in [-0.2, -0.15) is 5.26 Å². The highest BCUT2D eigenvalue weighted by atomic mass is 35.5. The number of nitriles is 1. The summed E-state index contributed by atoms with van der Waals surface area (Å²) in [4.78, 5) is -0.387. The SMILES string of the molecule is COc1ccc(C=C(C#N)S(=O)(=O)Cc2ccc(Cl)cc2)cc1O. The molecule has 2 rings (SSSR count). The standard InChI is InChI=1S/C17H14ClNO4S/c1-23-17-7-4-13(9-16(17)20)8-15(10-19)24(21,22)11-12-2-5-14(18)6-3-12/h2-9,20H,11H2,1H3. The Morgan fingerprint density at radius 1 is 1.29 bits per heavy atom. The van der Waals surface area contributed by atoms with Crippen molar-refractivity contribution >= 4 is 27.5 Å². The summed E-state index contributed by atoms with van der Waals surface area (Å²) in [5.41, 5.74) is 0.905. The van der Waals surface area contributed by atoms with Crippen LogP contribution in [0.3, 0.4) is 0 Å². The van der Waals surface area contributed by atoms with Gasteiger partial charge in [-0.15, -0.1) is 0 Å². The minimum Gasteiger partial charge on any atom is -0.504 e. The van der Waals surface area contributed by atoms with Gasteiger partial charge in [0.1, 0.15) is 11.0 Å². The Morgan fingerprint density at radius 3 is 2.50 bits per heavy atom. The first-order valence-electron chi connectivity index (χ1n) is 6.82. The Balaban J connectivity index is 2.33. The summed E-state index contributed by atoms with van der Waals surface area (Å²) in [5, 5.41) is 19.5. The van der Waals surface area contributed by atoms with Crippen LogP contribution in [-0.4, -0.2) is 20.6 Å². The number of rotatable bonds is 5. The first kappa shape index (κ1) is 17.9. The summed E-state index contributed by atoms with van der Waals surface area (Å²) < 4.78 is 29.8. The van der Waals surface area contributed by atoms with Crippen molar-refractivity contribution in [2.24, 2.45) is 0 Å². The summed E-state index contributed by atoms with van der Waals surface area (Å²) in [7, 11) is -2.42. The maximum atomic E-state index is 12.4. The van der Waals surface area contributed by atoms with Gasteiger partial charge in [0.25, 0.3) is 0 Å². The second kappa shape index (κ2) is 7.39. The topological polar surface area (TPSA) is 87.4 Å². The first-order chi connectivity index (χ1) is 11.4. The fraction of sp³-hybridized carbons (Fsp3) is 0.118. The molecule has 0 aliphatic heterocycles. The molecule has 0 aliphatic carbocycles. The van der Waals surface area contributed by atoms with Gasteiger partial charge in [-0.3, -0.25) is 0 Å². The van der Waals surface area contributed by atoms with Crippen molar-refractivity contribution < 1.29 is 18.3 Å². The highest BCUT2D eigenvalue weighted by Gasteiger charge is 2.19. The molecule has 0 unspecified atom stereocenters. The van der Waals surface area contributed by atoms with Gasteiger partial charge in [0.05, 0.1) is 12.9 Å². The molecule has 0 aliphatic rings. The molecule has 0 bridgehead atoms. The molecule has 0 heterocycles. The van der Waals surface area contributed by atoms with E-state index in [9.17, 15) is 18.8 Å². The maximum Gasteiger partial charge on any atom is 0.192 e. The van der Waals surface area contributed by atoms with E-state index >= 15 is 0 Å². The molecule has 0 radical (unpaired) electrons. The van der Waals surface area contributed by atoms with E-state index in [2.05, 4.69) is 0 Å². The highest BCUT2D eigenvalue weighted by molar-refractivity contribution is 7.95. The lowest BCUT2D eigenvalue weighted by Gasteiger charge is -2.06. The molecule has 0 saturated carbocycles. The van der Waals surface area contributed by atoms with Crippen LogP contribution in [0.4, 0.5) is 0 Å². The zero-order valence-corrected chi connectivity index (χ0v) is 14.3. The average Bonchev–Trinajstić information content (AvgIpc) is 2.54. The summed E-state index contributed by atoms with van der Waals surface area (Å²) in [6.07, 6.45) is 1.21. The summed E-state index contributed by atoms with van der Waals surface area (Å²) in [6.45, 7) is 0. The van der Waals surface area contributed by atoms with E-state index in [1.807, 2.05) is 0 Å². The van der Waals surface area contributed by atoms with E-state index in [-0.39, 0.29) is 22.2 Å². The number of benzene rings is 2. The van der Waals surface area contributed by atoms with Crippen molar-refractivity contribution in [1.29, 1.82) is 5.26 Å². The molecule has 0 saturated heterocycles. The third kappa shape index (κ3) is 4.28. The molecule has 0 spiro atoms. The van der Waals surface area contributed by atoms with Gasteiger partial charge in [-0.05, 0) is 41.5 Å². The Bertz CT molecular complexity index is 913. The maximum absolute atomic E-state index is 12.4. The lowest BCUT2D eigenvalue weighted by Crippen LogP contribution is -2.06. The van der Waals surface area contributed by atoms with Crippen molar-refractivity contribution in [2.45, 2.75) is 5.75 Å². The van der Waals surface area contributed by atoms with Crippen LogP contribution >= 0.6 is 11.6 Å². The van der Waals surface area contributed by atoms with Crippen LogP contribution in [0.15, 0.2) is 47.4 Å². The smallest absolute Gasteiger partial charge is 0.192 e. The van der Waals surface area contributed by atoms with Crippen molar-refractivity contribution in [3.8, 4) is 17.6 Å². The number of nitrogens with zero attached hydrogens (tertiary/aromatic N) is 1. The molecule has 2 aromatic carbocycles.